The SMILES string of the molecule is O=C(c1cnc(N2CCCSCC2)nc1)N1CC2CCCC(C1)N2. The normalized spacial score (nSPS) is 27.7. The molecule has 1 aromatic rings. The van der Waals surface area contributed by atoms with Crippen LogP contribution in [-0.4, -0.2) is 70.5 Å². The van der Waals surface area contributed by atoms with Crippen molar-refractivity contribution < 1.29 is 4.79 Å². The molecule has 3 aliphatic heterocycles. The van der Waals surface area contributed by atoms with E-state index in [1.54, 1.807) is 12.4 Å². The molecule has 4 rings (SSSR count). The minimum Gasteiger partial charge on any atom is -0.340 e. The molecule has 130 valence electrons. The Bertz CT molecular complexity index is 561. The Morgan fingerprint density at radius 3 is 2.58 bits per heavy atom. The number of fused-ring (bicyclic) bond motifs is 2. The van der Waals surface area contributed by atoms with Gasteiger partial charge in [0.25, 0.3) is 5.91 Å². The summed E-state index contributed by atoms with van der Waals surface area (Å²) in [6.07, 6.45) is 8.20. The van der Waals surface area contributed by atoms with Crippen LogP contribution in [0.15, 0.2) is 12.4 Å². The summed E-state index contributed by atoms with van der Waals surface area (Å²) in [6, 6.07) is 0.910. The minimum atomic E-state index is 0.0753. The van der Waals surface area contributed by atoms with Crippen molar-refractivity contribution >= 4 is 23.6 Å². The van der Waals surface area contributed by atoms with Gasteiger partial charge in [0, 0.05) is 56.4 Å². The van der Waals surface area contributed by atoms with Gasteiger partial charge in [-0.05, 0) is 25.0 Å². The Kier molecular flexibility index (Phi) is 4.89. The van der Waals surface area contributed by atoms with Gasteiger partial charge in [-0.1, -0.05) is 6.42 Å². The van der Waals surface area contributed by atoms with Crippen LogP contribution in [0.25, 0.3) is 0 Å². The number of carbonyl (C=O) groups is 1. The molecular formula is C17H25N5OS. The number of piperazine rings is 1. The van der Waals surface area contributed by atoms with Gasteiger partial charge in [-0.2, -0.15) is 11.8 Å². The molecule has 1 N–H and O–H groups in total. The molecule has 0 radical (unpaired) electrons. The average Bonchev–Trinajstić information content (AvgIpc) is 2.90. The fraction of sp³-hybridized carbons (Fsp3) is 0.706. The molecule has 2 unspecified atom stereocenters. The molecule has 1 amide bonds. The molecule has 7 heteroatoms. The van der Waals surface area contributed by atoms with Crippen LogP contribution in [0.2, 0.25) is 0 Å². The van der Waals surface area contributed by atoms with E-state index in [0.717, 1.165) is 44.3 Å². The summed E-state index contributed by atoms with van der Waals surface area (Å²) in [5.74, 6) is 3.16. The molecule has 0 aromatic carbocycles. The molecule has 3 aliphatic rings. The van der Waals surface area contributed by atoms with Crippen molar-refractivity contribution in [2.45, 2.75) is 37.8 Å². The predicted molar refractivity (Wildman–Crippen MR) is 96.7 cm³/mol. The zero-order valence-corrected chi connectivity index (χ0v) is 14.8. The monoisotopic (exact) mass is 347 g/mol. The topological polar surface area (TPSA) is 61.4 Å². The highest BCUT2D eigenvalue weighted by atomic mass is 32.2. The first-order chi connectivity index (χ1) is 11.8. The van der Waals surface area contributed by atoms with Crippen LogP contribution in [0.1, 0.15) is 36.0 Å². The molecule has 3 fully saturated rings. The average molecular weight is 347 g/mol. The van der Waals surface area contributed by atoms with Crippen molar-refractivity contribution in [1.82, 2.24) is 20.2 Å². The lowest BCUT2D eigenvalue weighted by molar-refractivity contribution is 0.0607. The Morgan fingerprint density at radius 1 is 1.08 bits per heavy atom. The first-order valence-electron chi connectivity index (χ1n) is 8.99. The smallest absolute Gasteiger partial charge is 0.257 e. The van der Waals surface area contributed by atoms with E-state index in [9.17, 15) is 4.79 Å². The number of hydrogen-bond donors (Lipinski definition) is 1. The summed E-state index contributed by atoms with van der Waals surface area (Å²) >= 11 is 1.99. The number of aromatic nitrogens is 2. The highest BCUT2D eigenvalue weighted by Gasteiger charge is 2.32. The summed E-state index contributed by atoms with van der Waals surface area (Å²) in [5, 5.41) is 3.61. The van der Waals surface area contributed by atoms with Crippen LogP contribution in [0.5, 0.6) is 0 Å². The van der Waals surface area contributed by atoms with Gasteiger partial charge in [0.1, 0.15) is 0 Å². The number of likely N-dealkylation sites (tertiary alicyclic amines) is 1. The van der Waals surface area contributed by atoms with E-state index in [1.165, 1.54) is 25.0 Å². The molecule has 1 aromatic heterocycles. The summed E-state index contributed by atoms with van der Waals surface area (Å²) in [4.78, 5) is 25.9. The van der Waals surface area contributed by atoms with Crippen molar-refractivity contribution in [3.63, 3.8) is 0 Å². The summed E-state index contributed by atoms with van der Waals surface area (Å²) < 4.78 is 0. The van der Waals surface area contributed by atoms with Crippen LogP contribution in [0, 0.1) is 0 Å². The summed E-state index contributed by atoms with van der Waals surface area (Å²) in [7, 11) is 0. The van der Waals surface area contributed by atoms with E-state index in [-0.39, 0.29) is 5.91 Å². The van der Waals surface area contributed by atoms with Crippen molar-refractivity contribution in [3.05, 3.63) is 18.0 Å². The number of piperidine rings is 1. The third-order valence-corrected chi connectivity index (χ3v) is 6.18. The molecule has 2 bridgehead atoms. The third-order valence-electron chi connectivity index (χ3n) is 5.14. The van der Waals surface area contributed by atoms with Gasteiger partial charge in [0.15, 0.2) is 0 Å². The number of thioether (sulfide) groups is 1. The number of nitrogens with one attached hydrogen (secondary N) is 1. The van der Waals surface area contributed by atoms with E-state index >= 15 is 0 Å². The molecule has 2 atom stereocenters. The van der Waals surface area contributed by atoms with Gasteiger partial charge in [0.05, 0.1) is 5.56 Å². The maximum absolute atomic E-state index is 12.8. The second kappa shape index (κ2) is 7.27. The van der Waals surface area contributed by atoms with Crippen molar-refractivity contribution in [3.8, 4) is 0 Å². The molecule has 3 saturated heterocycles. The van der Waals surface area contributed by atoms with Gasteiger partial charge in [-0.15, -0.1) is 0 Å². The zero-order valence-electron chi connectivity index (χ0n) is 14.0. The standard InChI is InChI=1S/C17H25N5OS/c23-16(22-11-14-3-1-4-15(12-22)20-14)13-9-18-17(19-10-13)21-5-2-7-24-8-6-21/h9-10,14-15,20H,1-8,11-12H2. The molecule has 0 spiro atoms. The van der Waals surface area contributed by atoms with Crippen LogP contribution in [-0.2, 0) is 0 Å². The Hall–Kier alpha value is -1.34. The summed E-state index contributed by atoms with van der Waals surface area (Å²) in [5.41, 5.74) is 0.614. The van der Waals surface area contributed by atoms with Crippen molar-refractivity contribution in [2.75, 3.05) is 42.6 Å². The molecular weight excluding hydrogens is 322 g/mol. The van der Waals surface area contributed by atoms with Crippen LogP contribution in [0.4, 0.5) is 5.95 Å². The Morgan fingerprint density at radius 2 is 1.83 bits per heavy atom. The maximum atomic E-state index is 12.8. The highest BCUT2D eigenvalue weighted by molar-refractivity contribution is 7.99. The molecule has 0 aliphatic carbocycles. The first kappa shape index (κ1) is 16.1. The first-order valence-corrected chi connectivity index (χ1v) is 10.1. The lowest BCUT2D eigenvalue weighted by atomic mass is 9.94. The van der Waals surface area contributed by atoms with Gasteiger partial charge in [-0.25, -0.2) is 9.97 Å². The van der Waals surface area contributed by atoms with E-state index in [1.807, 2.05) is 16.7 Å². The van der Waals surface area contributed by atoms with Crippen molar-refractivity contribution in [2.24, 2.45) is 0 Å². The van der Waals surface area contributed by atoms with E-state index < -0.39 is 0 Å². The molecule has 0 saturated carbocycles. The minimum absolute atomic E-state index is 0.0753. The van der Waals surface area contributed by atoms with Gasteiger partial charge in [-0.3, -0.25) is 4.79 Å². The number of carbonyl (C=O) groups excluding carboxylic acids is 1. The molecule has 4 heterocycles. The Labute approximate surface area is 147 Å². The number of nitrogens with zero attached hydrogens (tertiary/aromatic N) is 4. The van der Waals surface area contributed by atoms with E-state index in [4.69, 9.17) is 0 Å². The quantitative estimate of drug-likeness (QED) is 0.872. The van der Waals surface area contributed by atoms with E-state index in [2.05, 4.69) is 20.2 Å². The fourth-order valence-corrected chi connectivity index (χ4v) is 4.78. The number of rotatable bonds is 2. The second-order valence-electron chi connectivity index (χ2n) is 6.93. The largest absolute Gasteiger partial charge is 0.340 e. The van der Waals surface area contributed by atoms with Crippen LogP contribution in [0.3, 0.4) is 0 Å². The predicted octanol–water partition coefficient (Wildman–Crippen LogP) is 1.39. The summed E-state index contributed by atoms with van der Waals surface area (Å²) in [6.45, 7) is 3.60. The van der Waals surface area contributed by atoms with Gasteiger partial charge < -0.3 is 15.1 Å². The highest BCUT2D eigenvalue weighted by Crippen LogP contribution is 2.21. The molecule has 6 nitrogen and oxygen atoms in total. The number of amides is 1. The Balaban J connectivity index is 1.43. The van der Waals surface area contributed by atoms with E-state index in [0.29, 0.717) is 17.6 Å². The number of hydrogen-bond acceptors (Lipinski definition) is 6. The van der Waals surface area contributed by atoms with Gasteiger partial charge >= 0.3 is 0 Å². The van der Waals surface area contributed by atoms with Crippen LogP contribution >= 0.6 is 11.8 Å². The van der Waals surface area contributed by atoms with Crippen LogP contribution < -0.4 is 10.2 Å². The zero-order chi connectivity index (χ0) is 16.4. The maximum Gasteiger partial charge on any atom is 0.257 e. The fourth-order valence-electron chi connectivity index (χ4n) is 3.89. The second-order valence-corrected chi connectivity index (χ2v) is 8.15. The molecule has 24 heavy (non-hydrogen) atoms. The third kappa shape index (κ3) is 3.52. The van der Waals surface area contributed by atoms with Crippen molar-refractivity contribution in [1.29, 1.82) is 0 Å². The number of anilines is 1. The van der Waals surface area contributed by atoms with Gasteiger partial charge in [0.2, 0.25) is 5.95 Å². The lowest BCUT2D eigenvalue weighted by Gasteiger charge is -2.42. The lowest BCUT2D eigenvalue weighted by Crippen LogP contribution is -2.59.